The normalized spacial score (nSPS) is 25.8. The Morgan fingerprint density at radius 1 is 1.46 bits per heavy atom. The fourth-order valence-electron chi connectivity index (χ4n) is 1.37. The second kappa shape index (κ2) is 4.37. The number of nitrogens with two attached hydrogens (primary N) is 1. The fourth-order valence-corrected chi connectivity index (χ4v) is 1.37. The van der Waals surface area contributed by atoms with Crippen molar-refractivity contribution in [1.29, 1.82) is 0 Å². The summed E-state index contributed by atoms with van der Waals surface area (Å²) in [5.74, 6) is -0.504. The van der Waals surface area contributed by atoms with Gasteiger partial charge in [0.2, 0.25) is 0 Å². The molecule has 2 unspecified atom stereocenters. The highest BCUT2D eigenvalue weighted by Crippen LogP contribution is 2.24. The van der Waals surface area contributed by atoms with Gasteiger partial charge in [0.05, 0.1) is 19.3 Å². The third-order valence-corrected chi connectivity index (χ3v) is 2.40. The SMILES string of the molecule is CC(N)C(O)CCC1(C)OCCO1. The summed E-state index contributed by atoms with van der Waals surface area (Å²) in [6.45, 7) is 4.98. The first-order valence-electron chi connectivity index (χ1n) is 4.75. The minimum atomic E-state index is -0.504. The van der Waals surface area contributed by atoms with E-state index in [0.29, 0.717) is 26.1 Å². The molecule has 3 N–H and O–H groups in total. The van der Waals surface area contributed by atoms with Crippen molar-refractivity contribution < 1.29 is 14.6 Å². The lowest BCUT2D eigenvalue weighted by Gasteiger charge is -2.24. The molecule has 4 heteroatoms. The number of aliphatic hydroxyl groups excluding tert-OH is 1. The molecule has 1 aliphatic rings. The van der Waals surface area contributed by atoms with Crippen molar-refractivity contribution in [3.63, 3.8) is 0 Å². The molecule has 4 nitrogen and oxygen atoms in total. The van der Waals surface area contributed by atoms with Crippen LogP contribution in [0.5, 0.6) is 0 Å². The van der Waals surface area contributed by atoms with E-state index in [1.54, 1.807) is 6.92 Å². The van der Waals surface area contributed by atoms with Gasteiger partial charge in [-0.25, -0.2) is 0 Å². The molecular formula is C9H19NO3. The molecule has 0 amide bonds. The first-order chi connectivity index (χ1) is 6.03. The molecule has 2 atom stereocenters. The van der Waals surface area contributed by atoms with Gasteiger partial charge < -0.3 is 20.3 Å². The van der Waals surface area contributed by atoms with Crippen LogP contribution in [0.3, 0.4) is 0 Å². The zero-order valence-electron chi connectivity index (χ0n) is 8.32. The van der Waals surface area contributed by atoms with Crippen molar-refractivity contribution in [1.82, 2.24) is 0 Å². The molecule has 0 aliphatic carbocycles. The second-order valence-corrected chi connectivity index (χ2v) is 3.80. The molecule has 0 bridgehead atoms. The molecule has 0 saturated carbocycles. The van der Waals surface area contributed by atoms with Gasteiger partial charge in [-0.3, -0.25) is 0 Å². The monoisotopic (exact) mass is 189 g/mol. The molecule has 1 fully saturated rings. The highest BCUT2D eigenvalue weighted by atomic mass is 16.7. The molecule has 13 heavy (non-hydrogen) atoms. The summed E-state index contributed by atoms with van der Waals surface area (Å²) in [6.07, 6.45) is 0.841. The minimum Gasteiger partial charge on any atom is -0.392 e. The van der Waals surface area contributed by atoms with Gasteiger partial charge in [0.1, 0.15) is 0 Å². The third-order valence-electron chi connectivity index (χ3n) is 2.40. The van der Waals surface area contributed by atoms with E-state index in [-0.39, 0.29) is 6.04 Å². The van der Waals surface area contributed by atoms with Gasteiger partial charge >= 0.3 is 0 Å². The summed E-state index contributed by atoms with van der Waals surface area (Å²) < 4.78 is 10.8. The summed E-state index contributed by atoms with van der Waals surface area (Å²) in [7, 11) is 0. The summed E-state index contributed by atoms with van der Waals surface area (Å²) in [6, 6.07) is -0.190. The maximum Gasteiger partial charge on any atom is 0.165 e. The van der Waals surface area contributed by atoms with Crippen LogP contribution in [0, 0.1) is 0 Å². The van der Waals surface area contributed by atoms with Crippen molar-refractivity contribution in [3.05, 3.63) is 0 Å². The molecule has 1 aliphatic heterocycles. The van der Waals surface area contributed by atoms with E-state index < -0.39 is 11.9 Å². The van der Waals surface area contributed by atoms with Crippen LogP contribution in [-0.2, 0) is 9.47 Å². The van der Waals surface area contributed by atoms with E-state index in [1.165, 1.54) is 0 Å². The van der Waals surface area contributed by atoms with Crippen molar-refractivity contribution in [2.24, 2.45) is 5.73 Å². The number of ether oxygens (including phenoxy) is 2. The number of hydrogen-bond acceptors (Lipinski definition) is 4. The topological polar surface area (TPSA) is 64.7 Å². The zero-order chi connectivity index (χ0) is 9.90. The van der Waals surface area contributed by atoms with Crippen LogP contribution in [-0.4, -0.2) is 36.3 Å². The molecule has 1 rings (SSSR count). The van der Waals surface area contributed by atoms with Crippen molar-refractivity contribution in [3.8, 4) is 0 Å². The highest BCUT2D eigenvalue weighted by Gasteiger charge is 2.31. The molecule has 0 radical (unpaired) electrons. The second-order valence-electron chi connectivity index (χ2n) is 3.80. The van der Waals surface area contributed by atoms with Crippen LogP contribution in [0.2, 0.25) is 0 Å². The molecular weight excluding hydrogens is 170 g/mol. The Hall–Kier alpha value is -0.160. The third kappa shape index (κ3) is 3.23. The van der Waals surface area contributed by atoms with Crippen LogP contribution in [0.1, 0.15) is 26.7 Å². The van der Waals surface area contributed by atoms with Crippen molar-refractivity contribution in [2.45, 2.75) is 44.6 Å². The highest BCUT2D eigenvalue weighted by molar-refractivity contribution is 4.73. The van der Waals surface area contributed by atoms with Crippen LogP contribution in [0.4, 0.5) is 0 Å². The smallest absolute Gasteiger partial charge is 0.165 e. The number of hydrogen-bond donors (Lipinski definition) is 2. The average molecular weight is 189 g/mol. The average Bonchev–Trinajstić information content (AvgIpc) is 2.48. The molecule has 0 spiro atoms. The molecule has 0 aromatic carbocycles. The maximum atomic E-state index is 9.47. The van der Waals surface area contributed by atoms with E-state index in [1.807, 2.05) is 6.92 Å². The molecule has 78 valence electrons. The van der Waals surface area contributed by atoms with Gasteiger partial charge in [-0.05, 0) is 20.3 Å². The van der Waals surface area contributed by atoms with Crippen LogP contribution < -0.4 is 5.73 Å². The molecule has 0 aromatic heterocycles. The Morgan fingerprint density at radius 2 is 2.00 bits per heavy atom. The lowest BCUT2D eigenvalue weighted by Crippen LogP contribution is -2.34. The van der Waals surface area contributed by atoms with Gasteiger partial charge in [-0.1, -0.05) is 0 Å². The molecule has 1 heterocycles. The Kier molecular flexibility index (Phi) is 3.67. The van der Waals surface area contributed by atoms with E-state index in [4.69, 9.17) is 15.2 Å². The van der Waals surface area contributed by atoms with Crippen LogP contribution >= 0.6 is 0 Å². The standard InChI is InChI=1S/C9H19NO3/c1-7(10)8(11)3-4-9(2)12-5-6-13-9/h7-8,11H,3-6,10H2,1-2H3. The van der Waals surface area contributed by atoms with Crippen molar-refractivity contribution in [2.75, 3.05) is 13.2 Å². The Morgan fingerprint density at radius 3 is 2.46 bits per heavy atom. The van der Waals surface area contributed by atoms with Gasteiger partial charge in [0.15, 0.2) is 5.79 Å². The first kappa shape index (κ1) is 10.9. The quantitative estimate of drug-likeness (QED) is 0.665. The Labute approximate surface area is 79.0 Å². The largest absolute Gasteiger partial charge is 0.392 e. The Bertz CT molecular complexity index is 155. The summed E-state index contributed by atoms with van der Waals surface area (Å²) >= 11 is 0. The van der Waals surface area contributed by atoms with E-state index in [9.17, 15) is 5.11 Å². The molecule has 0 aromatic rings. The summed E-state index contributed by atoms with van der Waals surface area (Å²) in [4.78, 5) is 0. The Balaban J connectivity index is 2.24. The van der Waals surface area contributed by atoms with Gasteiger partial charge in [-0.15, -0.1) is 0 Å². The van der Waals surface area contributed by atoms with Crippen LogP contribution in [0.25, 0.3) is 0 Å². The number of rotatable bonds is 4. The summed E-state index contributed by atoms with van der Waals surface area (Å²) in [5, 5.41) is 9.47. The number of aliphatic hydroxyl groups is 1. The zero-order valence-corrected chi connectivity index (χ0v) is 8.32. The minimum absolute atomic E-state index is 0.190. The predicted molar refractivity (Wildman–Crippen MR) is 49.2 cm³/mol. The van der Waals surface area contributed by atoms with Gasteiger partial charge in [0.25, 0.3) is 0 Å². The molecule has 1 saturated heterocycles. The van der Waals surface area contributed by atoms with E-state index >= 15 is 0 Å². The lowest BCUT2D eigenvalue weighted by molar-refractivity contribution is -0.151. The predicted octanol–water partition coefficient (Wildman–Crippen LogP) is 0.238. The van der Waals surface area contributed by atoms with E-state index in [2.05, 4.69) is 0 Å². The van der Waals surface area contributed by atoms with Gasteiger partial charge in [0, 0.05) is 12.5 Å². The lowest BCUT2D eigenvalue weighted by atomic mass is 10.0. The summed E-state index contributed by atoms with van der Waals surface area (Å²) in [5.41, 5.74) is 5.53. The van der Waals surface area contributed by atoms with Crippen molar-refractivity contribution >= 4 is 0 Å². The van der Waals surface area contributed by atoms with Gasteiger partial charge in [-0.2, -0.15) is 0 Å². The maximum absolute atomic E-state index is 9.47. The first-order valence-corrected chi connectivity index (χ1v) is 4.75. The van der Waals surface area contributed by atoms with Crippen LogP contribution in [0.15, 0.2) is 0 Å². The van der Waals surface area contributed by atoms with E-state index in [0.717, 1.165) is 0 Å². The fraction of sp³-hybridized carbons (Fsp3) is 1.00.